The van der Waals surface area contributed by atoms with Crippen molar-refractivity contribution in [3.05, 3.63) is 37.9 Å². The van der Waals surface area contributed by atoms with Crippen molar-refractivity contribution < 1.29 is 9.47 Å². The normalized spacial score (nSPS) is 13.7. The Labute approximate surface area is 153 Å². The number of aryl methyl sites for hydroxylation is 2. The lowest BCUT2D eigenvalue weighted by Crippen LogP contribution is -2.11. The van der Waals surface area contributed by atoms with Gasteiger partial charge in [0.15, 0.2) is 11.5 Å². The van der Waals surface area contributed by atoms with E-state index in [2.05, 4.69) is 9.97 Å². The van der Waals surface area contributed by atoms with Crippen molar-refractivity contribution >= 4 is 33.2 Å². The van der Waals surface area contributed by atoms with Crippen molar-refractivity contribution in [3.63, 3.8) is 0 Å². The summed E-state index contributed by atoms with van der Waals surface area (Å²) in [7, 11) is 3.11. The van der Waals surface area contributed by atoms with Gasteiger partial charge in [-0.2, -0.15) is 0 Å². The molecule has 0 saturated carbocycles. The van der Waals surface area contributed by atoms with Crippen molar-refractivity contribution in [1.29, 1.82) is 0 Å². The molecule has 0 unspecified atom stereocenters. The third-order valence-corrected chi connectivity index (χ3v) is 6.05. The van der Waals surface area contributed by atoms with Crippen LogP contribution in [0.5, 0.6) is 11.5 Å². The van der Waals surface area contributed by atoms with E-state index < -0.39 is 0 Å². The third kappa shape index (κ3) is 2.69. The molecule has 130 valence electrons. The fraction of sp³-hybridized carbons (Fsp3) is 0.333. The molecule has 1 aliphatic carbocycles. The van der Waals surface area contributed by atoms with Gasteiger partial charge in [-0.15, -0.1) is 11.3 Å². The lowest BCUT2D eigenvalue weighted by molar-refractivity contribution is 0.355. The Morgan fingerprint density at radius 3 is 2.64 bits per heavy atom. The molecule has 0 saturated heterocycles. The number of fused-ring (bicyclic) bond motifs is 3. The summed E-state index contributed by atoms with van der Waals surface area (Å²) in [6.07, 6.45) is 4.28. The topological polar surface area (TPSA) is 64.2 Å². The molecule has 7 heteroatoms. The van der Waals surface area contributed by atoms with Crippen LogP contribution < -0.4 is 15.0 Å². The molecule has 0 atom stereocenters. The van der Waals surface area contributed by atoms with E-state index in [9.17, 15) is 4.79 Å². The summed E-state index contributed by atoms with van der Waals surface area (Å²) in [5.41, 5.74) is 1.68. The Hall–Kier alpha value is -2.05. The molecule has 2 aromatic heterocycles. The van der Waals surface area contributed by atoms with Gasteiger partial charge in [-0.05, 0) is 37.3 Å². The average Bonchev–Trinajstić information content (AvgIpc) is 3.00. The predicted molar refractivity (Wildman–Crippen MR) is 100 cm³/mol. The summed E-state index contributed by atoms with van der Waals surface area (Å²) < 4.78 is 10.6. The second-order valence-corrected chi connectivity index (χ2v) is 7.48. The standard InChI is InChI=1S/C18H17ClN2O3S/c1-23-12-7-10(11(19)8-13(12)24-2)16-20-17(22)15-9-5-3-4-6-14(9)25-18(15)21-16/h7-8H,3-6H2,1-2H3,(H,20,21,22). The quantitative estimate of drug-likeness (QED) is 0.744. The molecule has 25 heavy (non-hydrogen) atoms. The lowest BCUT2D eigenvalue weighted by atomic mass is 9.97. The minimum atomic E-state index is -0.106. The second-order valence-electron chi connectivity index (χ2n) is 5.99. The van der Waals surface area contributed by atoms with Gasteiger partial charge < -0.3 is 14.5 Å². The van der Waals surface area contributed by atoms with Gasteiger partial charge in [0, 0.05) is 16.5 Å². The minimum Gasteiger partial charge on any atom is -0.493 e. The lowest BCUT2D eigenvalue weighted by Gasteiger charge is -2.11. The van der Waals surface area contributed by atoms with Crippen LogP contribution in [0.3, 0.4) is 0 Å². The number of halogens is 1. The summed E-state index contributed by atoms with van der Waals surface area (Å²) in [4.78, 5) is 22.3. The Morgan fingerprint density at radius 2 is 1.88 bits per heavy atom. The molecule has 1 N–H and O–H groups in total. The van der Waals surface area contributed by atoms with Gasteiger partial charge in [0.25, 0.3) is 5.56 Å². The SMILES string of the molecule is COc1cc(Cl)c(-c2nc3sc4c(c3c(=O)[nH]2)CCCC4)cc1OC. The predicted octanol–water partition coefficient (Wildman–Crippen LogP) is 4.20. The number of aromatic nitrogens is 2. The zero-order valence-corrected chi connectivity index (χ0v) is 15.5. The van der Waals surface area contributed by atoms with Crippen LogP contribution in [0.25, 0.3) is 21.6 Å². The highest BCUT2D eigenvalue weighted by Crippen LogP contribution is 2.38. The molecule has 2 heterocycles. The van der Waals surface area contributed by atoms with Crippen molar-refractivity contribution in [2.24, 2.45) is 0 Å². The average molecular weight is 377 g/mol. The molecule has 4 rings (SSSR count). The summed E-state index contributed by atoms with van der Waals surface area (Å²) in [5.74, 6) is 1.52. The molecule has 0 radical (unpaired) electrons. The summed E-state index contributed by atoms with van der Waals surface area (Å²) >= 11 is 8.00. The van der Waals surface area contributed by atoms with Gasteiger partial charge in [0.2, 0.25) is 0 Å². The number of nitrogens with one attached hydrogen (secondary N) is 1. The van der Waals surface area contributed by atoms with E-state index in [0.29, 0.717) is 27.9 Å². The van der Waals surface area contributed by atoms with Gasteiger partial charge in [-0.3, -0.25) is 4.79 Å². The molecule has 0 fully saturated rings. The first kappa shape index (κ1) is 16.4. The monoisotopic (exact) mass is 376 g/mol. The van der Waals surface area contributed by atoms with E-state index in [0.717, 1.165) is 29.5 Å². The highest BCUT2D eigenvalue weighted by atomic mass is 35.5. The van der Waals surface area contributed by atoms with Crippen molar-refractivity contribution in [1.82, 2.24) is 9.97 Å². The molecule has 0 aliphatic heterocycles. The fourth-order valence-corrected chi connectivity index (χ4v) is 4.83. The Balaban J connectivity index is 1.92. The number of hydrogen-bond donors (Lipinski definition) is 1. The van der Waals surface area contributed by atoms with E-state index in [1.54, 1.807) is 37.7 Å². The molecular weight excluding hydrogens is 360 g/mol. The number of aromatic amines is 1. The van der Waals surface area contributed by atoms with Crippen LogP contribution in [0, 0.1) is 0 Å². The van der Waals surface area contributed by atoms with E-state index in [4.69, 9.17) is 21.1 Å². The number of thiophene rings is 1. The molecule has 1 aliphatic rings. The molecule has 5 nitrogen and oxygen atoms in total. The number of ether oxygens (including phenoxy) is 2. The number of benzene rings is 1. The molecule has 0 bridgehead atoms. The van der Waals surface area contributed by atoms with Crippen molar-refractivity contribution in [2.45, 2.75) is 25.7 Å². The molecule has 1 aromatic carbocycles. The van der Waals surface area contributed by atoms with Crippen LogP contribution >= 0.6 is 22.9 Å². The summed E-state index contributed by atoms with van der Waals surface area (Å²) in [6, 6.07) is 3.40. The Morgan fingerprint density at radius 1 is 1.16 bits per heavy atom. The maximum absolute atomic E-state index is 12.7. The zero-order valence-electron chi connectivity index (χ0n) is 13.9. The number of rotatable bonds is 3. The zero-order chi connectivity index (χ0) is 17.6. The van der Waals surface area contributed by atoms with Crippen LogP contribution in [-0.4, -0.2) is 24.2 Å². The maximum Gasteiger partial charge on any atom is 0.260 e. The highest BCUT2D eigenvalue weighted by molar-refractivity contribution is 7.18. The van der Waals surface area contributed by atoms with Gasteiger partial charge in [0.05, 0.1) is 24.6 Å². The molecule has 3 aromatic rings. The number of H-pyrrole nitrogens is 1. The second kappa shape index (κ2) is 6.35. The summed E-state index contributed by atoms with van der Waals surface area (Å²) in [5, 5.41) is 1.18. The van der Waals surface area contributed by atoms with Crippen LogP contribution in [0.15, 0.2) is 16.9 Å². The first-order valence-corrected chi connectivity index (χ1v) is 9.28. The van der Waals surface area contributed by atoms with Gasteiger partial charge in [0.1, 0.15) is 10.7 Å². The highest BCUT2D eigenvalue weighted by Gasteiger charge is 2.21. The van der Waals surface area contributed by atoms with Gasteiger partial charge in [-0.25, -0.2) is 4.98 Å². The van der Waals surface area contributed by atoms with E-state index >= 15 is 0 Å². The van der Waals surface area contributed by atoms with Crippen LogP contribution in [-0.2, 0) is 12.8 Å². The number of nitrogens with zero attached hydrogens (tertiary/aromatic N) is 1. The first-order valence-electron chi connectivity index (χ1n) is 8.09. The van der Waals surface area contributed by atoms with E-state index in [1.807, 2.05) is 0 Å². The van der Waals surface area contributed by atoms with E-state index in [1.165, 1.54) is 16.9 Å². The van der Waals surface area contributed by atoms with Crippen LogP contribution in [0.1, 0.15) is 23.3 Å². The number of hydrogen-bond acceptors (Lipinski definition) is 5. The Kier molecular flexibility index (Phi) is 4.17. The molecular formula is C18H17ClN2O3S. The van der Waals surface area contributed by atoms with E-state index in [-0.39, 0.29) is 5.56 Å². The van der Waals surface area contributed by atoms with Gasteiger partial charge in [-0.1, -0.05) is 11.6 Å². The van der Waals surface area contributed by atoms with Crippen molar-refractivity contribution in [2.75, 3.05) is 14.2 Å². The van der Waals surface area contributed by atoms with Crippen molar-refractivity contribution in [3.8, 4) is 22.9 Å². The first-order chi connectivity index (χ1) is 12.1. The molecule has 0 spiro atoms. The summed E-state index contributed by atoms with van der Waals surface area (Å²) in [6.45, 7) is 0. The van der Waals surface area contributed by atoms with Crippen LogP contribution in [0.2, 0.25) is 5.02 Å². The maximum atomic E-state index is 12.7. The largest absolute Gasteiger partial charge is 0.493 e. The van der Waals surface area contributed by atoms with Gasteiger partial charge >= 0.3 is 0 Å². The third-order valence-electron chi connectivity index (χ3n) is 4.55. The number of methoxy groups -OCH3 is 2. The fourth-order valence-electron chi connectivity index (χ4n) is 3.33. The Bertz CT molecular complexity index is 1030. The molecule has 0 amide bonds. The van der Waals surface area contributed by atoms with Crippen LogP contribution in [0.4, 0.5) is 0 Å². The smallest absolute Gasteiger partial charge is 0.260 e. The minimum absolute atomic E-state index is 0.106.